The Morgan fingerprint density at radius 1 is 0.810 bits per heavy atom. The summed E-state index contributed by atoms with van der Waals surface area (Å²) in [4.78, 5) is 76.2. The Labute approximate surface area is 241 Å². The van der Waals surface area contributed by atoms with Gasteiger partial charge in [0.1, 0.15) is 18.1 Å². The molecule has 0 saturated heterocycles. The van der Waals surface area contributed by atoms with Crippen molar-refractivity contribution in [3.05, 3.63) is 36.0 Å². The van der Waals surface area contributed by atoms with Crippen LogP contribution in [0.15, 0.2) is 30.5 Å². The van der Waals surface area contributed by atoms with E-state index < -0.39 is 66.2 Å². The Kier molecular flexibility index (Phi) is 13.4. The first-order chi connectivity index (χ1) is 19.9. The zero-order valence-electron chi connectivity index (χ0n) is 23.1. The third kappa shape index (κ3) is 10.8. The lowest BCUT2D eigenvalue weighted by Gasteiger charge is -2.25. The van der Waals surface area contributed by atoms with Gasteiger partial charge in [-0.2, -0.15) is 0 Å². The first-order valence-electron chi connectivity index (χ1n) is 13.6. The molecule has 0 fully saturated rings. The topological polar surface area (TPSA) is 273 Å². The van der Waals surface area contributed by atoms with Gasteiger partial charge in [0.05, 0.1) is 6.04 Å². The lowest BCUT2D eigenvalue weighted by molar-refractivity contribution is -0.142. The van der Waals surface area contributed by atoms with Gasteiger partial charge in [0.2, 0.25) is 23.6 Å². The van der Waals surface area contributed by atoms with E-state index in [0.717, 1.165) is 16.5 Å². The number of hydrogen-bond donors (Lipinski definition) is 9. The standard InChI is InChI=1S/C27H39N7O8/c28-12-4-3-7-19(25(39)34-21(27(41)42)8-10-22(30)35)33-26(40)20(9-11-23(36)37)32-24(38)17(29)13-15-14-31-18-6-2-1-5-16(15)18/h1-2,5-6,14,17,19-21,31H,3-4,7-13,28-29H2,(H2,30,35)(H,32,38)(H,33,40)(H,34,39)(H,36,37)(H,41,42). The molecule has 0 aliphatic heterocycles. The van der Waals surface area contributed by atoms with E-state index in [0.29, 0.717) is 19.4 Å². The van der Waals surface area contributed by atoms with Gasteiger partial charge in [-0.05, 0) is 56.7 Å². The van der Waals surface area contributed by atoms with Gasteiger partial charge in [0.15, 0.2) is 0 Å². The molecule has 15 nitrogen and oxygen atoms in total. The van der Waals surface area contributed by atoms with E-state index in [2.05, 4.69) is 20.9 Å². The Balaban J connectivity index is 2.15. The van der Waals surface area contributed by atoms with Crippen molar-refractivity contribution in [2.24, 2.45) is 17.2 Å². The molecule has 0 bridgehead atoms. The van der Waals surface area contributed by atoms with Crippen LogP contribution < -0.4 is 33.2 Å². The molecule has 4 unspecified atom stereocenters. The van der Waals surface area contributed by atoms with Gasteiger partial charge in [-0.3, -0.25) is 24.0 Å². The van der Waals surface area contributed by atoms with Gasteiger partial charge in [-0.25, -0.2) is 4.79 Å². The molecule has 4 atom stereocenters. The van der Waals surface area contributed by atoms with Crippen LogP contribution in [0.1, 0.15) is 50.5 Å². The highest BCUT2D eigenvalue weighted by Gasteiger charge is 2.30. The van der Waals surface area contributed by atoms with E-state index in [4.69, 9.17) is 17.2 Å². The molecule has 230 valence electrons. The van der Waals surface area contributed by atoms with Crippen LogP contribution in [-0.4, -0.2) is 81.5 Å². The normalized spacial score (nSPS) is 13.9. The molecule has 2 aromatic rings. The van der Waals surface area contributed by atoms with Crippen molar-refractivity contribution in [2.45, 2.75) is 75.5 Å². The molecule has 4 amide bonds. The molecule has 2 rings (SSSR count). The van der Waals surface area contributed by atoms with Crippen LogP contribution in [0.3, 0.4) is 0 Å². The molecule has 1 aromatic heterocycles. The molecular weight excluding hydrogens is 550 g/mol. The summed E-state index contributed by atoms with van der Waals surface area (Å²) in [5.41, 5.74) is 18.4. The molecule has 0 aliphatic carbocycles. The van der Waals surface area contributed by atoms with E-state index in [9.17, 15) is 39.0 Å². The predicted octanol–water partition coefficient (Wildman–Crippen LogP) is -1.16. The molecule has 42 heavy (non-hydrogen) atoms. The number of unbranched alkanes of at least 4 members (excludes halogenated alkanes) is 1. The summed E-state index contributed by atoms with van der Waals surface area (Å²) in [7, 11) is 0. The van der Waals surface area contributed by atoms with Crippen molar-refractivity contribution in [1.29, 1.82) is 0 Å². The average Bonchev–Trinajstić information content (AvgIpc) is 3.34. The molecule has 15 heteroatoms. The van der Waals surface area contributed by atoms with E-state index in [1.54, 1.807) is 6.20 Å². The summed E-state index contributed by atoms with van der Waals surface area (Å²) in [6, 6.07) is 2.34. The highest BCUT2D eigenvalue weighted by Crippen LogP contribution is 2.19. The number of carboxylic acid groups (broad SMARTS) is 2. The molecular formula is C27H39N7O8. The third-order valence-electron chi connectivity index (χ3n) is 6.61. The Bertz CT molecular complexity index is 1260. The Morgan fingerprint density at radius 2 is 1.40 bits per heavy atom. The lowest BCUT2D eigenvalue weighted by atomic mass is 10.0. The highest BCUT2D eigenvalue weighted by atomic mass is 16.4. The zero-order chi connectivity index (χ0) is 31.2. The lowest BCUT2D eigenvalue weighted by Crippen LogP contribution is -2.57. The van der Waals surface area contributed by atoms with Gasteiger partial charge < -0.3 is 48.3 Å². The maximum atomic E-state index is 13.2. The number of carboxylic acids is 2. The number of fused-ring (bicyclic) bond motifs is 1. The summed E-state index contributed by atoms with van der Waals surface area (Å²) in [6.07, 6.45) is 1.54. The number of amides is 4. The van der Waals surface area contributed by atoms with Crippen molar-refractivity contribution in [3.63, 3.8) is 0 Å². The smallest absolute Gasteiger partial charge is 0.326 e. The molecule has 0 aliphatic rings. The first-order valence-corrected chi connectivity index (χ1v) is 13.6. The number of aromatic nitrogens is 1. The van der Waals surface area contributed by atoms with Crippen molar-refractivity contribution >= 4 is 46.5 Å². The molecule has 1 heterocycles. The minimum atomic E-state index is -1.44. The summed E-state index contributed by atoms with van der Waals surface area (Å²) in [5, 5.41) is 26.8. The quantitative estimate of drug-likeness (QED) is 0.0886. The molecule has 0 saturated carbocycles. The van der Waals surface area contributed by atoms with Crippen molar-refractivity contribution < 1.29 is 39.0 Å². The second-order valence-electron chi connectivity index (χ2n) is 9.91. The number of benzene rings is 1. The van der Waals surface area contributed by atoms with Crippen molar-refractivity contribution in [2.75, 3.05) is 6.54 Å². The molecule has 0 radical (unpaired) electrons. The zero-order valence-corrected chi connectivity index (χ0v) is 23.1. The second kappa shape index (κ2) is 16.7. The van der Waals surface area contributed by atoms with Crippen LogP contribution in [0.4, 0.5) is 0 Å². The Hall–Kier alpha value is -4.50. The largest absolute Gasteiger partial charge is 0.481 e. The number of hydrogen-bond acceptors (Lipinski definition) is 8. The summed E-state index contributed by atoms with van der Waals surface area (Å²) in [6.45, 7) is 0.310. The van der Waals surface area contributed by atoms with Crippen LogP contribution in [-0.2, 0) is 35.2 Å². The number of para-hydroxylation sites is 1. The molecule has 0 spiro atoms. The SMILES string of the molecule is NCCCCC(NC(=O)C(CCC(=O)O)NC(=O)C(N)Cc1c[nH]c2ccccc12)C(=O)NC(CCC(N)=O)C(=O)O. The van der Waals surface area contributed by atoms with Crippen LogP contribution in [0.25, 0.3) is 10.9 Å². The number of aliphatic carboxylic acids is 2. The minimum absolute atomic E-state index is 0.0800. The Morgan fingerprint density at radius 3 is 2.02 bits per heavy atom. The summed E-state index contributed by atoms with van der Waals surface area (Å²) < 4.78 is 0. The fraction of sp³-hybridized carbons (Fsp3) is 0.481. The van der Waals surface area contributed by atoms with Gasteiger partial charge >= 0.3 is 11.9 Å². The number of H-pyrrole nitrogens is 1. The number of rotatable bonds is 19. The summed E-state index contributed by atoms with van der Waals surface area (Å²) in [5.74, 6) is -5.73. The van der Waals surface area contributed by atoms with E-state index in [-0.39, 0.29) is 32.1 Å². The maximum Gasteiger partial charge on any atom is 0.326 e. The van der Waals surface area contributed by atoms with Crippen molar-refractivity contribution in [1.82, 2.24) is 20.9 Å². The van der Waals surface area contributed by atoms with E-state index in [1.807, 2.05) is 24.3 Å². The number of aromatic amines is 1. The van der Waals surface area contributed by atoms with Gasteiger partial charge in [0, 0.05) is 29.9 Å². The number of carbonyl (C=O) groups is 6. The molecule has 1 aromatic carbocycles. The number of nitrogens with two attached hydrogens (primary N) is 3. The van der Waals surface area contributed by atoms with Crippen LogP contribution in [0.5, 0.6) is 0 Å². The van der Waals surface area contributed by atoms with Crippen LogP contribution in [0.2, 0.25) is 0 Å². The fourth-order valence-electron chi connectivity index (χ4n) is 4.30. The van der Waals surface area contributed by atoms with E-state index >= 15 is 0 Å². The van der Waals surface area contributed by atoms with Crippen molar-refractivity contribution in [3.8, 4) is 0 Å². The fourth-order valence-corrected chi connectivity index (χ4v) is 4.30. The predicted molar refractivity (Wildman–Crippen MR) is 152 cm³/mol. The average molecular weight is 590 g/mol. The second-order valence-corrected chi connectivity index (χ2v) is 9.91. The van der Waals surface area contributed by atoms with Crippen LogP contribution in [0, 0.1) is 0 Å². The number of primary amides is 1. The number of carbonyl (C=O) groups excluding carboxylic acids is 4. The monoisotopic (exact) mass is 589 g/mol. The first kappa shape index (κ1) is 33.7. The number of nitrogens with one attached hydrogen (secondary N) is 4. The van der Waals surface area contributed by atoms with Gasteiger partial charge in [0.25, 0.3) is 0 Å². The third-order valence-corrected chi connectivity index (χ3v) is 6.61. The van der Waals surface area contributed by atoms with E-state index in [1.165, 1.54) is 0 Å². The maximum absolute atomic E-state index is 13.2. The van der Waals surface area contributed by atoms with Gasteiger partial charge in [-0.15, -0.1) is 0 Å². The molecule has 12 N–H and O–H groups in total. The van der Waals surface area contributed by atoms with Gasteiger partial charge in [-0.1, -0.05) is 18.2 Å². The minimum Gasteiger partial charge on any atom is -0.481 e. The van der Waals surface area contributed by atoms with Crippen LogP contribution >= 0.6 is 0 Å². The summed E-state index contributed by atoms with van der Waals surface area (Å²) >= 11 is 0. The highest BCUT2D eigenvalue weighted by molar-refractivity contribution is 5.94.